The monoisotopic (exact) mass is 215 g/mol. The van der Waals surface area contributed by atoms with Crippen LogP contribution in [0.2, 0.25) is 0 Å². The molecule has 0 aromatic carbocycles. The summed E-state index contributed by atoms with van der Waals surface area (Å²) in [6.07, 6.45) is 6.07. The summed E-state index contributed by atoms with van der Waals surface area (Å²) in [5, 5.41) is 0. The van der Waals surface area contributed by atoms with Crippen molar-refractivity contribution in [2.75, 3.05) is 0 Å². The van der Waals surface area contributed by atoms with Crippen LogP contribution in [0, 0.1) is 12.3 Å². The van der Waals surface area contributed by atoms with Gasteiger partial charge >= 0.3 is 0 Å². The minimum Gasteiger partial charge on any atom is -0.342 e. The zero-order chi connectivity index (χ0) is 11.1. The van der Waals surface area contributed by atoms with Gasteiger partial charge in [0, 0.05) is 18.5 Å². The second-order valence-corrected chi connectivity index (χ2v) is 4.96. The van der Waals surface area contributed by atoms with Gasteiger partial charge in [-0.05, 0) is 34.6 Å². The molecule has 2 atom stereocenters. The van der Waals surface area contributed by atoms with Gasteiger partial charge in [-0.25, -0.2) is 0 Å². The van der Waals surface area contributed by atoms with Gasteiger partial charge in [0.15, 0.2) is 0 Å². The normalized spacial score (nSPS) is 14.5. The van der Waals surface area contributed by atoms with E-state index in [9.17, 15) is 0 Å². The van der Waals surface area contributed by atoms with E-state index in [0.29, 0.717) is 27.5 Å². The molecule has 0 bridgehead atoms. The highest BCUT2D eigenvalue weighted by atomic mass is 31.1. The molecule has 3 heteroatoms. The van der Waals surface area contributed by atoms with E-state index in [0.717, 1.165) is 0 Å². The van der Waals surface area contributed by atoms with Crippen molar-refractivity contribution in [3.8, 4) is 12.3 Å². The summed E-state index contributed by atoms with van der Waals surface area (Å²) in [6, 6.07) is 1.04. The van der Waals surface area contributed by atoms with Crippen LogP contribution in [0.25, 0.3) is 0 Å². The molecule has 0 heterocycles. The molecule has 0 fully saturated rings. The number of rotatable bonds is 6. The molecule has 0 saturated carbocycles. The third-order valence-corrected chi connectivity index (χ3v) is 3.63. The first kappa shape index (κ1) is 13.9. The zero-order valence-corrected chi connectivity index (χ0v) is 10.9. The number of hydrogen-bond acceptors (Lipinski definition) is 2. The fraction of sp³-hybridized carbons (Fsp3) is 0.818. The van der Waals surface area contributed by atoms with E-state index in [2.05, 4.69) is 38.3 Å². The van der Waals surface area contributed by atoms with Crippen molar-refractivity contribution in [1.82, 2.24) is 4.67 Å². The molecule has 14 heavy (non-hydrogen) atoms. The lowest BCUT2D eigenvalue weighted by molar-refractivity contribution is 0.217. The first-order valence-corrected chi connectivity index (χ1v) is 5.97. The van der Waals surface area contributed by atoms with Gasteiger partial charge in [-0.15, -0.1) is 12.3 Å². The van der Waals surface area contributed by atoms with E-state index in [-0.39, 0.29) is 6.10 Å². The van der Waals surface area contributed by atoms with Crippen molar-refractivity contribution in [2.45, 2.75) is 59.2 Å². The van der Waals surface area contributed by atoms with Crippen molar-refractivity contribution < 1.29 is 4.52 Å². The van der Waals surface area contributed by atoms with Crippen molar-refractivity contribution in [2.24, 2.45) is 0 Å². The first-order valence-electron chi connectivity index (χ1n) is 5.12. The minimum absolute atomic E-state index is 0.165. The van der Waals surface area contributed by atoms with Gasteiger partial charge in [0.1, 0.15) is 0 Å². The highest BCUT2D eigenvalue weighted by molar-refractivity contribution is 7.29. The van der Waals surface area contributed by atoms with Crippen molar-refractivity contribution >= 4 is 8.96 Å². The van der Waals surface area contributed by atoms with Crippen LogP contribution < -0.4 is 0 Å². The summed E-state index contributed by atoms with van der Waals surface area (Å²) >= 11 is 0. The van der Waals surface area contributed by atoms with Gasteiger partial charge in [-0.3, -0.25) is 4.67 Å². The van der Waals surface area contributed by atoms with Gasteiger partial charge in [-0.1, -0.05) is 0 Å². The average Bonchev–Trinajstić information content (AvgIpc) is 2.03. The topological polar surface area (TPSA) is 12.5 Å². The molecule has 0 aromatic heterocycles. The lowest BCUT2D eigenvalue weighted by atomic mass is 10.3. The predicted octanol–water partition coefficient (Wildman–Crippen LogP) is 3.04. The third-order valence-electron chi connectivity index (χ3n) is 1.88. The Morgan fingerprint density at radius 1 is 1.21 bits per heavy atom. The van der Waals surface area contributed by atoms with Crippen LogP contribution >= 0.6 is 8.96 Å². The summed E-state index contributed by atoms with van der Waals surface area (Å²) in [7, 11) is 0.412. The van der Waals surface area contributed by atoms with E-state index in [1.165, 1.54) is 0 Å². The Kier molecular flexibility index (Phi) is 7.19. The summed E-state index contributed by atoms with van der Waals surface area (Å²) in [5.74, 6) is 2.61. The maximum absolute atomic E-state index is 5.68. The molecule has 0 aliphatic heterocycles. The predicted molar refractivity (Wildman–Crippen MR) is 64.4 cm³/mol. The number of nitrogens with zero attached hydrogens (tertiary/aromatic N) is 1. The first-order chi connectivity index (χ1) is 6.49. The smallest absolute Gasteiger partial charge is 0.0898 e. The lowest BCUT2D eigenvalue weighted by Crippen LogP contribution is -2.30. The third kappa shape index (κ3) is 5.60. The fourth-order valence-electron chi connectivity index (χ4n) is 1.17. The van der Waals surface area contributed by atoms with Gasteiger partial charge in [0.2, 0.25) is 0 Å². The zero-order valence-electron chi connectivity index (χ0n) is 9.87. The highest BCUT2D eigenvalue weighted by Gasteiger charge is 2.14. The molecule has 2 nitrogen and oxygen atoms in total. The van der Waals surface area contributed by atoms with Crippen molar-refractivity contribution in [1.29, 1.82) is 0 Å². The Labute approximate surface area is 90.3 Å². The Balaban J connectivity index is 3.89. The van der Waals surface area contributed by atoms with E-state index in [1.807, 2.05) is 6.92 Å². The Hall–Kier alpha value is -0.0900. The van der Waals surface area contributed by atoms with Crippen LogP contribution in [0.3, 0.4) is 0 Å². The molecule has 0 aliphatic carbocycles. The summed E-state index contributed by atoms with van der Waals surface area (Å²) < 4.78 is 8.00. The minimum atomic E-state index is 0.165. The molecular formula is C11H22NOP. The quantitative estimate of drug-likeness (QED) is 0.499. The van der Waals surface area contributed by atoms with Crippen LogP contribution in [0.1, 0.15) is 41.0 Å². The highest BCUT2D eigenvalue weighted by Crippen LogP contribution is 2.27. The van der Waals surface area contributed by atoms with E-state index >= 15 is 0 Å². The Bertz CT molecular complexity index is 178. The maximum Gasteiger partial charge on any atom is 0.0898 e. The van der Waals surface area contributed by atoms with Crippen molar-refractivity contribution in [3.05, 3.63) is 0 Å². The molecule has 0 saturated heterocycles. The number of hydrogen-bond donors (Lipinski definition) is 0. The van der Waals surface area contributed by atoms with Gasteiger partial charge < -0.3 is 4.52 Å². The molecule has 2 unspecified atom stereocenters. The van der Waals surface area contributed by atoms with E-state index < -0.39 is 0 Å². The Morgan fingerprint density at radius 2 is 1.71 bits per heavy atom. The molecule has 0 rings (SSSR count). The molecule has 0 radical (unpaired) electrons. The summed E-state index contributed by atoms with van der Waals surface area (Å²) in [6.45, 7) is 10.8. The van der Waals surface area contributed by atoms with Crippen LogP contribution in [-0.4, -0.2) is 22.9 Å². The van der Waals surface area contributed by atoms with Gasteiger partial charge in [0.05, 0.1) is 15.1 Å². The standard InChI is InChI=1S/C11H22NOP/c1-7-8-11(6)13-14-12(9(2)3)10(4)5/h1,9-11,14H,8H2,2-6H3. The average molecular weight is 215 g/mol. The van der Waals surface area contributed by atoms with Gasteiger partial charge in [-0.2, -0.15) is 0 Å². The maximum atomic E-state index is 5.68. The molecule has 0 aliphatic rings. The summed E-state index contributed by atoms with van der Waals surface area (Å²) in [5.41, 5.74) is 0. The fourth-order valence-corrected chi connectivity index (χ4v) is 1.97. The second-order valence-electron chi connectivity index (χ2n) is 4.02. The lowest BCUT2D eigenvalue weighted by Gasteiger charge is -2.30. The Morgan fingerprint density at radius 3 is 2.07 bits per heavy atom. The van der Waals surface area contributed by atoms with Crippen molar-refractivity contribution in [3.63, 3.8) is 0 Å². The second kappa shape index (κ2) is 7.23. The van der Waals surface area contributed by atoms with Gasteiger partial charge in [0.25, 0.3) is 0 Å². The molecule has 0 aromatic rings. The van der Waals surface area contributed by atoms with E-state index in [4.69, 9.17) is 10.9 Å². The molecule has 0 spiro atoms. The van der Waals surface area contributed by atoms with E-state index in [1.54, 1.807) is 0 Å². The molecule has 82 valence electrons. The summed E-state index contributed by atoms with van der Waals surface area (Å²) in [4.78, 5) is 0. The SMILES string of the molecule is C#CCC(C)OPN(C(C)C)C(C)C. The van der Waals surface area contributed by atoms with Crippen LogP contribution in [-0.2, 0) is 4.52 Å². The van der Waals surface area contributed by atoms with Crippen LogP contribution in [0.4, 0.5) is 0 Å². The van der Waals surface area contributed by atoms with Crippen LogP contribution in [0.15, 0.2) is 0 Å². The largest absolute Gasteiger partial charge is 0.342 e. The molecule has 0 amide bonds. The van der Waals surface area contributed by atoms with Crippen LogP contribution in [0.5, 0.6) is 0 Å². The molecular weight excluding hydrogens is 193 g/mol. The molecule has 0 N–H and O–H groups in total. The number of terminal acetylenes is 1.